The number of hydrogen-bond donors (Lipinski definition) is 2. The lowest BCUT2D eigenvalue weighted by Gasteiger charge is -2.33. The van der Waals surface area contributed by atoms with Gasteiger partial charge in [0.05, 0.1) is 5.41 Å². The fourth-order valence-corrected chi connectivity index (χ4v) is 4.16. The molecular formula is C17H32N2O. The Hall–Kier alpha value is -0.570. The molecule has 2 aliphatic carbocycles. The summed E-state index contributed by atoms with van der Waals surface area (Å²) < 4.78 is 0. The first kappa shape index (κ1) is 15.8. The van der Waals surface area contributed by atoms with Gasteiger partial charge < -0.3 is 11.1 Å². The summed E-state index contributed by atoms with van der Waals surface area (Å²) in [5, 5.41) is 3.29. The third-order valence-electron chi connectivity index (χ3n) is 5.97. The van der Waals surface area contributed by atoms with Crippen LogP contribution in [0.2, 0.25) is 0 Å². The van der Waals surface area contributed by atoms with Gasteiger partial charge in [0.1, 0.15) is 0 Å². The molecule has 0 atom stereocenters. The smallest absolute Gasteiger partial charge is 0.227 e. The average molecular weight is 280 g/mol. The number of nitrogens with one attached hydrogen (secondary N) is 1. The Balaban J connectivity index is 1.95. The zero-order chi connectivity index (χ0) is 14.5. The molecule has 20 heavy (non-hydrogen) atoms. The molecule has 2 saturated carbocycles. The van der Waals surface area contributed by atoms with Gasteiger partial charge in [-0.25, -0.2) is 0 Å². The van der Waals surface area contributed by atoms with Gasteiger partial charge in [0, 0.05) is 13.1 Å². The number of carbonyl (C=O) groups excluding carboxylic acids is 1. The van der Waals surface area contributed by atoms with Gasteiger partial charge in [0.2, 0.25) is 5.91 Å². The van der Waals surface area contributed by atoms with Crippen LogP contribution in [0.25, 0.3) is 0 Å². The highest BCUT2D eigenvalue weighted by atomic mass is 16.2. The largest absolute Gasteiger partial charge is 0.355 e. The highest BCUT2D eigenvalue weighted by molar-refractivity contribution is 5.83. The van der Waals surface area contributed by atoms with Crippen LogP contribution in [-0.2, 0) is 4.79 Å². The molecule has 3 nitrogen and oxygen atoms in total. The van der Waals surface area contributed by atoms with Gasteiger partial charge >= 0.3 is 0 Å². The summed E-state index contributed by atoms with van der Waals surface area (Å²) in [6.07, 6.45) is 13.2. The summed E-state index contributed by atoms with van der Waals surface area (Å²) in [7, 11) is 0. The molecule has 0 spiro atoms. The normalized spacial score (nSPS) is 25.1. The van der Waals surface area contributed by atoms with E-state index in [4.69, 9.17) is 5.73 Å². The maximum absolute atomic E-state index is 12.7. The molecule has 0 heterocycles. The molecule has 0 aromatic heterocycles. The van der Waals surface area contributed by atoms with Crippen molar-refractivity contribution in [2.24, 2.45) is 16.6 Å². The van der Waals surface area contributed by atoms with Crippen molar-refractivity contribution in [3.05, 3.63) is 0 Å². The SMILES string of the molecule is CCC1(CNC(=O)C2(CN)CCCCCC2)CCCC1. The quantitative estimate of drug-likeness (QED) is 0.759. The number of carbonyl (C=O) groups is 1. The fraction of sp³-hybridized carbons (Fsp3) is 0.941. The van der Waals surface area contributed by atoms with Gasteiger partial charge in [-0.05, 0) is 37.5 Å². The van der Waals surface area contributed by atoms with Crippen LogP contribution in [0.15, 0.2) is 0 Å². The Morgan fingerprint density at radius 2 is 1.55 bits per heavy atom. The van der Waals surface area contributed by atoms with E-state index < -0.39 is 0 Å². The Morgan fingerprint density at radius 1 is 1.00 bits per heavy atom. The van der Waals surface area contributed by atoms with Crippen LogP contribution in [0.1, 0.15) is 77.6 Å². The molecule has 0 saturated heterocycles. The van der Waals surface area contributed by atoms with Crippen molar-refractivity contribution < 1.29 is 4.79 Å². The van der Waals surface area contributed by atoms with E-state index in [-0.39, 0.29) is 11.3 Å². The van der Waals surface area contributed by atoms with Gasteiger partial charge in [0.15, 0.2) is 0 Å². The van der Waals surface area contributed by atoms with Crippen molar-refractivity contribution in [2.75, 3.05) is 13.1 Å². The Labute approximate surface area is 124 Å². The van der Waals surface area contributed by atoms with Crippen LogP contribution >= 0.6 is 0 Å². The van der Waals surface area contributed by atoms with E-state index in [1.165, 1.54) is 44.9 Å². The maximum atomic E-state index is 12.7. The maximum Gasteiger partial charge on any atom is 0.227 e. The first-order valence-electron chi connectivity index (χ1n) is 8.65. The minimum absolute atomic E-state index is 0.238. The third-order valence-corrected chi connectivity index (χ3v) is 5.97. The van der Waals surface area contributed by atoms with E-state index in [0.717, 1.165) is 32.2 Å². The van der Waals surface area contributed by atoms with E-state index in [0.29, 0.717) is 12.0 Å². The van der Waals surface area contributed by atoms with Crippen molar-refractivity contribution >= 4 is 5.91 Å². The van der Waals surface area contributed by atoms with E-state index in [2.05, 4.69) is 12.2 Å². The summed E-state index contributed by atoms with van der Waals surface area (Å²) in [5.74, 6) is 0.238. The number of nitrogens with two attached hydrogens (primary N) is 1. The molecule has 1 amide bonds. The van der Waals surface area contributed by atoms with Crippen LogP contribution in [-0.4, -0.2) is 19.0 Å². The van der Waals surface area contributed by atoms with Crippen molar-refractivity contribution in [3.63, 3.8) is 0 Å². The predicted octanol–water partition coefficient (Wildman–Crippen LogP) is 3.37. The van der Waals surface area contributed by atoms with Gasteiger partial charge in [0.25, 0.3) is 0 Å². The average Bonchev–Trinajstić information content (AvgIpc) is 2.82. The van der Waals surface area contributed by atoms with Crippen LogP contribution in [0.5, 0.6) is 0 Å². The number of rotatable bonds is 5. The first-order valence-corrected chi connectivity index (χ1v) is 8.65. The molecule has 3 N–H and O–H groups in total. The van der Waals surface area contributed by atoms with Crippen molar-refractivity contribution in [1.82, 2.24) is 5.32 Å². The lowest BCUT2D eigenvalue weighted by molar-refractivity contribution is -0.132. The first-order chi connectivity index (χ1) is 9.66. The van der Waals surface area contributed by atoms with Crippen molar-refractivity contribution in [1.29, 1.82) is 0 Å². The topological polar surface area (TPSA) is 55.1 Å². The Kier molecular flexibility index (Phi) is 5.48. The van der Waals surface area contributed by atoms with Crippen LogP contribution in [0.3, 0.4) is 0 Å². The minimum atomic E-state index is -0.274. The molecular weight excluding hydrogens is 248 g/mol. The summed E-state index contributed by atoms with van der Waals surface area (Å²) in [6.45, 7) is 3.64. The zero-order valence-corrected chi connectivity index (χ0v) is 13.2. The van der Waals surface area contributed by atoms with Gasteiger partial charge in [-0.2, -0.15) is 0 Å². The lowest BCUT2D eigenvalue weighted by Crippen LogP contribution is -2.48. The van der Waals surface area contributed by atoms with Crippen molar-refractivity contribution in [2.45, 2.75) is 77.6 Å². The van der Waals surface area contributed by atoms with Crippen LogP contribution in [0.4, 0.5) is 0 Å². The predicted molar refractivity (Wildman–Crippen MR) is 83.4 cm³/mol. The Morgan fingerprint density at radius 3 is 2.05 bits per heavy atom. The second-order valence-electron chi connectivity index (χ2n) is 7.14. The standard InChI is InChI=1S/C17H32N2O/c1-2-16(9-7-8-10-16)14-19-15(20)17(13-18)11-5-3-4-6-12-17/h2-14,18H2,1H3,(H,19,20). The molecule has 3 heteroatoms. The number of amides is 1. The summed E-state index contributed by atoms with van der Waals surface area (Å²) in [5.41, 5.74) is 6.09. The van der Waals surface area contributed by atoms with Gasteiger partial charge in [-0.3, -0.25) is 4.79 Å². The van der Waals surface area contributed by atoms with E-state index in [9.17, 15) is 4.79 Å². The molecule has 0 unspecified atom stereocenters. The molecule has 2 rings (SSSR count). The van der Waals surface area contributed by atoms with E-state index in [1.54, 1.807) is 0 Å². The highest BCUT2D eigenvalue weighted by Gasteiger charge is 2.39. The van der Waals surface area contributed by atoms with E-state index >= 15 is 0 Å². The van der Waals surface area contributed by atoms with Gasteiger partial charge in [-0.15, -0.1) is 0 Å². The summed E-state index contributed by atoms with van der Waals surface area (Å²) in [4.78, 5) is 12.7. The summed E-state index contributed by atoms with van der Waals surface area (Å²) in [6, 6.07) is 0. The van der Waals surface area contributed by atoms with Crippen LogP contribution < -0.4 is 11.1 Å². The molecule has 2 aliphatic rings. The molecule has 0 radical (unpaired) electrons. The summed E-state index contributed by atoms with van der Waals surface area (Å²) >= 11 is 0. The molecule has 0 bridgehead atoms. The molecule has 116 valence electrons. The zero-order valence-electron chi connectivity index (χ0n) is 13.2. The fourth-order valence-electron chi connectivity index (χ4n) is 4.16. The highest BCUT2D eigenvalue weighted by Crippen LogP contribution is 2.41. The minimum Gasteiger partial charge on any atom is -0.355 e. The van der Waals surface area contributed by atoms with Crippen molar-refractivity contribution in [3.8, 4) is 0 Å². The second-order valence-corrected chi connectivity index (χ2v) is 7.14. The second kappa shape index (κ2) is 6.93. The molecule has 0 aliphatic heterocycles. The molecule has 0 aromatic carbocycles. The lowest BCUT2D eigenvalue weighted by atomic mass is 9.78. The van der Waals surface area contributed by atoms with Crippen LogP contribution in [0, 0.1) is 10.8 Å². The van der Waals surface area contributed by atoms with Gasteiger partial charge in [-0.1, -0.05) is 45.4 Å². The third kappa shape index (κ3) is 3.36. The number of hydrogen-bond acceptors (Lipinski definition) is 2. The monoisotopic (exact) mass is 280 g/mol. The van der Waals surface area contributed by atoms with E-state index in [1.807, 2.05) is 0 Å². The molecule has 2 fully saturated rings. The molecule has 0 aromatic rings. The Bertz CT molecular complexity index is 313.